The molecule has 5 heteroatoms. The maximum Gasteiger partial charge on any atom is 0.307 e. The number of hydrogen-bond acceptors (Lipinski definition) is 4. The molecule has 0 spiro atoms. The predicted molar refractivity (Wildman–Crippen MR) is 102 cm³/mol. The van der Waals surface area contributed by atoms with Crippen LogP contribution in [-0.2, 0) is 23.0 Å². The lowest BCUT2D eigenvalue weighted by molar-refractivity contribution is -0.142. The van der Waals surface area contributed by atoms with Crippen molar-refractivity contribution in [1.29, 1.82) is 0 Å². The number of nitrogens with zero attached hydrogens (tertiary/aromatic N) is 2. The molecule has 0 bridgehead atoms. The van der Waals surface area contributed by atoms with Crippen molar-refractivity contribution in [3.05, 3.63) is 78.1 Å². The van der Waals surface area contributed by atoms with Crippen molar-refractivity contribution in [2.45, 2.75) is 12.8 Å². The van der Waals surface area contributed by atoms with Gasteiger partial charge in [0, 0.05) is 25.2 Å². The first-order valence-corrected chi connectivity index (χ1v) is 8.64. The molecule has 0 saturated carbocycles. The highest BCUT2D eigenvalue weighted by Crippen LogP contribution is 2.20. The fourth-order valence-corrected chi connectivity index (χ4v) is 2.41. The van der Waals surface area contributed by atoms with Crippen LogP contribution in [0.25, 0.3) is 0 Å². The molecule has 0 unspecified atom stereocenters. The lowest BCUT2D eigenvalue weighted by Gasteiger charge is -2.04. The maximum atomic E-state index is 11.7. The Hall–Kier alpha value is -3.52. The fraction of sp³-hybridized carbons (Fsp3) is 0.182. The molecule has 0 fully saturated rings. The van der Waals surface area contributed by atoms with Crippen molar-refractivity contribution in [3.63, 3.8) is 0 Å². The highest BCUT2D eigenvalue weighted by molar-refractivity contribution is 5.69. The van der Waals surface area contributed by atoms with Crippen molar-refractivity contribution in [2.75, 3.05) is 6.61 Å². The van der Waals surface area contributed by atoms with Gasteiger partial charge in [0.05, 0.1) is 6.20 Å². The van der Waals surface area contributed by atoms with E-state index in [1.165, 1.54) is 0 Å². The smallest absolute Gasteiger partial charge is 0.307 e. The molecule has 1 aromatic heterocycles. The predicted octanol–water partition coefficient (Wildman–Crippen LogP) is 3.74. The van der Waals surface area contributed by atoms with E-state index in [1.807, 2.05) is 67.8 Å². The standard InChI is InChI=1S/C22H20N2O3/c1-24-17-19(16-23-24)11-14-22(25)26-15-5-6-18-9-12-21(13-10-18)27-20-7-3-2-4-8-20/h2-4,7-10,12-13,16-17H,11,14-15H2,1H3. The molecule has 0 saturated heterocycles. The summed E-state index contributed by atoms with van der Waals surface area (Å²) in [6.45, 7) is 0.0775. The Kier molecular flexibility index (Phi) is 6.26. The van der Waals surface area contributed by atoms with Gasteiger partial charge in [-0.1, -0.05) is 30.0 Å². The molecule has 0 amide bonds. The van der Waals surface area contributed by atoms with E-state index in [0.717, 1.165) is 22.6 Å². The van der Waals surface area contributed by atoms with Crippen LogP contribution >= 0.6 is 0 Å². The van der Waals surface area contributed by atoms with Gasteiger partial charge in [0.25, 0.3) is 0 Å². The second-order valence-corrected chi connectivity index (χ2v) is 5.92. The number of aromatic nitrogens is 2. The lowest BCUT2D eigenvalue weighted by atomic mass is 10.2. The third kappa shape index (κ3) is 6.05. The van der Waals surface area contributed by atoms with Gasteiger partial charge in [-0.05, 0) is 48.4 Å². The Balaban J connectivity index is 1.41. The first kappa shape index (κ1) is 18.3. The van der Waals surface area contributed by atoms with Crippen LogP contribution in [0.3, 0.4) is 0 Å². The first-order valence-electron chi connectivity index (χ1n) is 8.64. The minimum atomic E-state index is -0.264. The summed E-state index contributed by atoms with van der Waals surface area (Å²) in [5.74, 6) is 7.09. The fourth-order valence-electron chi connectivity index (χ4n) is 2.41. The van der Waals surface area contributed by atoms with E-state index in [9.17, 15) is 4.79 Å². The molecule has 3 rings (SSSR count). The number of carbonyl (C=O) groups is 1. The summed E-state index contributed by atoms with van der Waals surface area (Å²) < 4.78 is 12.6. The van der Waals surface area contributed by atoms with Crippen LogP contribution in [0.2, 0.25) is 0 Å². The van der Waals surface area contributed by atoms with Gasteiger partial charge in [0.2, 0.25) is 0 Å². The zero-order valence-corrected chi connectivity index (χ0v) is 15.1. The SMILES string of the molecule is Cn1cc(CCC(=O)OCC#Cc2ccc(Oc3ccccc3)cc2)cn1. The second-order valence-electron chi connectivity index (χ2n) is 5.92. The molecule has 1 heterocycles. The van der Waals surface area contributed by atoms with Gasteiger partial charge in [-0.25, -0.2) is 0 Å². The average Bonchev–Trinajstić information content (AvgIpc) is 3.11. The van der Waals surface area contributed by atoms with E-state index in [0.29, 0.717) is 12.8 Å². The number of aryl methyl sites for hydroxylation is 2. The molecule has 0 atom stereocenters. The van der Waals surface area contributed by atoms with Crippen molar-refractivity contribution in [2.24, 2.45) is 7.05 Å². The van der Waals surface area contributed by atoms with E-state index in [-0.39, 0.29) is 12.6 Å². The normalized spacial score (nSPS) is 9.96. The molecule has 3 aromatic rings. The highest BCUT2D eigenvalue weighted by Gasteiger charge is 2.04. The Bertz CT molecular complexity index is 935. The zero-order chi connectivity index (χ0) is 18.9. The number of hydrogen-bond donors (Lipinski definition) is 0. The van der Waals surface area contributed by atoms with Crippen LogP contribution < -0.4 is 4.74 Å². The Labute approximate surface area is 158 Å². The number of carbonyl (C=O) groups excluding carboxylic acids is 1. The summed E-state index contributed by atoms with van der Waals surface area (Å²) in [4.78, 5) is 11.7. The van der Waals surface area contributed by atoms with Gasteiger partial charge >= 0.3 is 5.97 Å². The van der Waals surface area contributed by atoms with Crippen molar-refractivity contribution < 1.29 is 14.3 Å². The van der Waals surface area contributed by atoms with E-state index in [4.69, 9.17) is 9.47 Å². The van der Waals surface area contributed by atoms with Gasteiger partial charge in [-0.3, -0.25) is 9.48 Å². The van der Waals surface area contributed by atoms with Crippen LogP contribution in [0.5, 0.6) is 11.5 Å². The molecule has 0 radical (unpaired) electrons. The summed E-state index contributed by atoms with van der Waals surface area (Å²) in [5.41, 5.74) is 1.85. The molecular weight excluding hydrogens is 340 g/mol. The third-order valence-electron chi connectivity index (χ3n) is 3.75. The molecule has 5 nitrogen and oxygen atoms in total. The minimum Gasteiger partial charge on any atom is -0.457 e. The van der Waals surface area contributed by atoms with Crippen LogP contribution in [-0.4, -0.2) is 22.4 Å². The van der Waals surface area contributed by atoms with Crippen LogP contribution in [0.4, 0.5) is 0 Å². The summed E-state index contributed by atoms with van der Waals surface area (Å²) in [7, 11) is 1.84. The molecular formula is C22H20N2O3. The maximum absolute atomic E-state index is 11.7. The van der Waals surface area contributed by atoms with Crippen LogP contribution in [0.15, 0.2) is 67.0 Å². The topological polar surface area (TPSA) is 53.4 Å². The van der Waals surface area contributed by atoms with E-state index < -0.39 is 0 Å². The molecule has 0 aliphatic carbocycles. The molecule has 2 aromatic carbocycles. The van der Waals surface area contributed by atoms with Crippen molar-refractivity contribution in [1.82, 2.24) is 9.78 Å². The molecule has 136 valence electrons. The van der Waals surface area contributed by atoms with Crippen molar-refractivity contribution in [3.8, 4) is 23.3 Å². The number of benzene rings is 2. The largest absolute Gasteiger partial charge is 0.457 e. The van der Waals surface area contributed by atoms with Gasteiger partial charge in [-0.2, -0.15) is 5.10 Å². The average molecular weight is 360 g/mol. The minimum absolute atomic E-state index is 0.0775. The third-order valence-corrected chi connectivity index (χ3v) is 3.75. The van der Waals surface area contributed by atoms with Gasteiger partial charge < -0.3 is 9.47 Å². The zero-order valence-electron chi connectivity index (χ0n) is 15.1. The number of rotatable bonds is 6. The summed E-state index contributed by atoms with van der Waals surface area (Å²) in [5, 5.41) is 4.07. The second kappa shape index (κ2) is 9.25. The number of para-hydroxylation sites is 1. The Morgan fingerprint density at radius 2 is 1.81 bits per heavy atom. The van der Waals surface area contributed by atoms with E-state index >= 15 is 0 Å². The van der Waals surface area contributed by atoms with Crippen LogP contribution in [0.1, 0.15) is 17.5 Å². The molecule has 0 aliphatic rings. The molecule has 27 heavy (non-hydrogen) atoms. The Morgan fingerprint density at radius 3 is 2.52 bits per heavy atom. The van der Waals surface area contributed by atoms with E-state index in [1.54, 1.807) is 10.9 Å². The molecule has 0 aliphatic heterocycles. The van der Waals surface area contributed by atoms with E-state index in [2.05, 4.69) is 16.9 Å². The quantitative estimate of drug-likeness (QED) is 0.496. The Morgan fingerprint density at radius 1 is 1.07 bits per heavy atom. The monoisotopic (exact) mass is 360 g/mol. The van der Waals surface area contributed by atoms with Gasteiger partial charge in [0.15, 0.2) is 6.61 Å². The van der Waals surface area contributed by atoms with Crippen LogP contribution in [0, 0.1) is 11.8 Å². The first-order chi connectivity index (χ1) is 13.2. The summed E-state index contributed by atoms with van der Waals surface area (Å²) in [6, 6.07) is 17.0. The highest BCUT2D eigenvalue weighted by atomic mass is 16.5. The van der Waals surface area contributed by atoms with Crippen molar-refractivity contribution >= 4 is 5.97 Å². The van der Waals surface area contributed by atoms with Gasteiger partial charge in [0.1, 0.15) is 11.5 Å². The number of esters is 1. The summed E-state index contributed by atoms with van der Waals surface area (Å²) >= 11 is 0. The summed E-state index contributed by atoms with van der Waals surface area (Å²) in [6.07, 6.45) is 4.57. The van der Waals surface area contributed by atoms with Gasteiger partial charge in [-0.15, -0.1) is 0 Å². The lowest BCUT2D eigenvalue weighted by Crippen LogP contribution is -2.05. The number of ether oxygens (including phenoxy) is 2. The molecule has 0 N–H and O–H groups in total.